The van der Waals surface area contributed by atoms with Gasteiger partial charge in [-0.2, -0.15) is 0 Å². The van der Waals surface area contributed by atoms with Gasteiger partial charge in [-0.05, 0) is 25.0 Å². The number of rotatable bonds is 5. The van der Waals surface area contributed by atoms with Gasteiger partial charge in [-0.1, -0.05) is 35.5 Å². The molecule has 0 fully saturated rings. The molecule has 1 amide bonds. The Morgan fingerprint density at radius 2 is 2.09 bits per heavy atom. The van der Waals surface area contributed by atoms with Crippen molar-refractivity contribution < 1.29 is 13.7 Å². The van der Waals surface area contributed by atoms with Crippen molar-refractivity contribution in [2.45, 2.75) is 19.4 Å². The number of amides is 1. The van der Waals surface area contributed by atoms with Crippen molar-refractivity contribution in [1.82, 2.24) is 10.5 Å². The third kappa shape index (κ3) is 3.25. The quantitative estimate of drug-likeness (QED) is 0.784. The monoisotopic (exact) mass is 296 g/mol. The molecule has 0 bridgehead atoms. The molecule has 0 radical (unpaired) electrons. The van der Waals surface area contributed by atoms with E-state index in [1.807, 2.05) is 43.3 Å². The maximum absolute atomic E-state index is 12.2. The van der Waals surface area contributed by atoms with Crippen LogP contribution in [0.1, 0.15) is 23.0 Å². The number of nitrogens with zero attached hydrogens (tertiary/aromatic N) is 1. The summed E-state index contributed by atoms with van der Waals surface area (Å²) in [5.74, 6) is 0.329. The smallest absolute Gasteiger partial charge is 0.273 e. The van der Waals surface area contributed by atoms with Crippen LogP contribution in [0.25, 0.3) is 11.3 Å². The van der Waals surface area contributed by atoms with Gasteiger partial charge in [0.1, 0.15) is 0 Å². The molecule has 22 heavy (non-hydrogen) atoms. The van der Waals surface area contributed by atoms with Crippen molar-refractivity contribution in [2.24, 2.45) is 0 Å². The molecular formula is C17H16N2O3. The van der Waals surface area contributed by atoms with Crippen LogP contribution in [-0.4, -0.2) is 17.1 Å². The molecule has 1 N–H and O–H groups in total. The topological polar surface area (TPSA) is 68.3 Å². The van der Waals surface area contributed by atoms with E-state index in [-0.39, 0.29) is 17.6 Å². The molecule has 0 saturated carbocycles. The number of carbonyl (C=O) groups is 1. The van der Waals surface area contributed by atoms with Crippen molar-refractivity contribution in [1.29, 1.82) is 0 Å². The van der Waals surface area contributed by atoms with Crippen LogP contribution in [0.5, 0.6) is 0 Å². The third-order valence-corrected chi connectivity index (χ3v) is 3.30. The predicted octanol–water partition coefficient (Wildman–Crippen LogP) is 3.30. The molecule has 112 valence electrons. The highest BCUT2D eigenvalue weighted by Gasteiger charge is 2.16. The van der Waals surface area contributed by atoms with Gasteiger partial charge >= 0.3 is 0 Å². The largest absolute Gasteiger partial charge is 0.472 e. The fourth-order valence-electron chi connectivity index (χ4n) is 2.23. The fraction of sp³-hybridized carbons (Fsp3) is 0.176. The predicted molar refractivity (Wildman–Crippen MR) is 81.3 cm³/mol. The summed E-state index contributed by atoms with van der Waals surface area (Å²) >= 11 is 0. The van der Waals surface area contributed by atoms with E-state index < -0.39 is 0 Å². The lowest BCUT2D eigenvalue weighted by Crippen LogP contribution is -2.34. The molecule has 5 nitrogen and oxygen atoms in total. The molecule has 2 aromatic heterocycles. The normalized spacial score (nSPS) is 12.0. The lowest BCUT2D eigenvalue weighted by molar-refractivity contribution is 0.0931. The molecule has 0 saturated heterocycles. The van der Waals surface area contributed by atoms with Crippen molar-refractivity contribution in [3.8, 4) is 11.3 Å². The first kappa shape index (κ1) is 14.1. The molecule has 0 spiro atoms. The van der Waals surface area contributed by atoms with Crippen LogP contribution < -0.4 is 5.32 Å². The van der Waals surface area contributed by atoms with E-state index in [4.69, 9.17) is 8.94 Å². The first-order chi connectivity index (χ1) is 10.7. The van der Waals surface area contributed by atoms with Gasteiger partial charge in [0.15, 0.2) is 11.5 Å². The molecule has 1 unspecified atom stereocenters. The number of aromatic nitrogens is 1. The summed E-state index contributed by atoms with van der Waals surface area (Å²) in [6.07, 6.45) is 3.99. The Balaban J connectivity index is 1.64. The van der Waals surface area contributed by atoms with Crippen LogP contribution in [0.15, 0.2) is 63.9 Å². The minimum atomic E-state index is -0.248. The van der Waals surface area contributed by atoms with Gasteiger partial charge in [-0.3, -0.25) is 4.79 Å². The zero-order chi connectivity index (χ0) is 15.4. The molecule has 0 aliphatic rings. The van der Waals surface area contributed by atoms with E-state index >= 15 is 0 Å². The number of carbonyl (C=O) groups excluding carboxylic acids is 1. The summed E-state index contributed by atoms with van der Waals surface area (Å²) in [7, 11) is 0. The van der Waals surface area contributed by atoms with E-state index in [1.54, 1.807) is 18.6 Å². The van der Waals surface area contributed by atoms with Crippen molar-refractivity contribution in [2.75, 3.05) is 0 Å². The van der Waals surface area contributed by atoms with E-state index in [0.717, 1.165) is 11.1 Å². The molecule has 0 aliphatic carbocycles. The highest BCUT2D eigenvalue weighted by Crippen LogP contribution is 2.19. The number of benzene rings is 1. The van der Waals surface area contributed by atoms with Crippen molar-refractivity contribution >= 4 is 5.91 Å². The molecule has 3 aromatic rings. The van der Waals surface area contributed by atoms with Gasteiger partial charge in [0.2, 0.25) is 0 Å². The number of nitrogens with one attached hydrogen (secondary N) is 1. The second-order valence-electron chi connectivity index (χ2n) is 5.15. The molecule has 1 aromatic carbocycles. The highest BCUT2D eigenvalue weighted by molar-refractivity contribution is 5.93. The van der Waals surface area contributed by atoms with Crippen molar-refractivity contribution in [3.05, 3.63) is 66.2 Å². The molecule has 1 atom stereocenters. The summed E-state index contributed by atoms with van der Waals surface area (Å²) < 4.78 is 10.3. The van der Waals surface area contributed by atoms with Gasteiger partial charge < -0.3 is 14.3 Å². The Labute approximate surface area is 127 Å². The summed E-state index contributed by atoms with van der Waals surface area (Å²) in [5.41, 5.74) is 2.20. The maximum Gasteiger partial charge on any atom is 0.273 e. The first-order valence-electron chi connectivity index (χ1n) is 7.06. The van der Waals surface area contributed by atoms with Crippen LogP contribution in [-0.2, 0) is 6.42 Å². The Morgan fingerprint density at radius 1 is 1.27 bits per heavy atom. The van der Waals surface area contributed by atoms with Gasteiger partial charge in [0, 0.05) is 17.7 Å². The van der Waals surface area contributed by atoms with Crippen LogP contribution in [0.4, 0.5) is 0 Å². The Morgan fingerprint density at radius 3 is 2.82 bits per heavy atom. The minimum Gasteiger partial charge on any atom is -0.472 e. The Kier molecular flexibility index (Phi) is 4.05. The van der Waals surface area contributed by atoms with Gasteiger partial charge in [-0.25, -0.2) is 0 Å². The molecule has 5 heteroatoms. The summed E-state index contributed by atoms with van der Waals surface area (Å²) in [4.78, 5) is 12.2. The fourth-order valence-corrected chi connectivity index (χ4v) is 2.23. The van der Waals surface area contributed by atoms with Gasteiger partial charge in [0.25, 0.3) is 5.91 Å². The summed E-state index contributed by atoms with van der Waals surface area (Å²) in [5, 5.41) is 6.73. The minimum absolute atomic E-state index is 0.0259. The van der Waals surface area contributed by atoms with Crippen molar-refractivity contribution in [3.63, 3.8) is 0 Å². The van der Waals surface area contributed by atoms with Gasteiger partial charge in [-0.15, -0.1) is 0 Å². The molecule has 0 aliphatic heterocycles. The van der Waals surface area contributed by atoms with E-state index in [9.17, 15) is 4.79 Å². The van der Waals surface area contributed by atoms with Crippen LogP contribution >= 0.6 is 0 Å². The molecule has 2 heterocycles. The third-order valence-electron chi connectivity index (χ3n) is 3.30. The van der Waals surface area contributed by atoms with E-state index in [2.05, 4.69) is 10.5 Å². The van der Waals surface area contributed by atoms with Crippen LogP contribution in [0.2, 0.25) is 0 Å². The number of hydrogen-bond acceptors (Lipinski definition) is 4. The zero-order valence-corrected chi connectivity index (χ0v) is 12.2. The standard InChI is InChI=1S/C17H16N2O3/c1-12(9-13-7-8-21-11-13)18-17(20)15-10-16(22-19-15)14-5-3-2-4-6-14/h2-8,10-12H,9H2,1H3,(H,18,20). The second-order valence-corrected chi connectivity index (χ2v) is 5.15. The molecular weight excluding hydrogens is 280 g/mol. The highest BCUT2D eigenvalue weighted by atomic mass is 16.5. The number of hydrogen-bond donors (Lipinski definition) is 1. The zero-order valence-electron chi connectivity index (χ0n) is 12.2. The summed E-state index contributed by atoms with van der Waals surface area (Å²) in [6, 6.07) is 13.1. The lowest BCUT2D eigenvalue weighted by Gasteiger charge is -2.11. The van der Waals surface area contributed by atoms with Crippen LogP contribution in [0, 0.1) is 0 Å². The lowest BCUT2D eigenvalue weighted by atomic mass is 10.1. The van der Waals surface area contributed by atoms with Gasteiger partial charge in [0.05, 0.1) is 12.5 Å². The Bertz CT molecular complexity index is 732. The molecule has 3 rings (SSSR count). The second kappa shape index (κ2) is 6.30. The maximum atomic E-state index is 12.2. The Hall–Kier alpha value is -2.82. The van der Waals surface area contributed by atoms with E-state index in [0.29, 0.717) is 12.2 Å². The average Bonchev–Trinajstić information content (AvgIpc) is 3.19. The first-order valence-corrected chi connectivity index (χ1v) is 7.06. The SMILES string of the molecule is CC(Cc1ccoc1)NC(=O)c1cc(-c2ccccc2)on1. The summed E-state index contributed by atoms with van der Waals surface area (Å²) in [6.45, 7) is 1.93. The van der Waals surface area contributed by atoms with E-state index in [1.165, 1.54) is 0 Å². The average molecular weight is 296 g/mol. The number of furan rings is 1. The van der Waals surface area contributed by atoms with Crippen LogP contribution in [0.3, 0.4) is 0 Å².